The van der Waals surface area contributed by atoms with E-state index >= 15 is 0 Å². The molecular weight excluding hydrogens is 376 g/mol. The van der Waals surface area contributed by atoms with E-state index in [1.807, 2.05) is 19.1 Å². The Morgan fingerprint density at radius 3 is 2.18 bits per heavy atom. The van der Waals surface area contributed by atoms with E-state index < -0.39 is 0 Å². The van der Waals surface area contributed by atoms with Crippen molar-refractivity contribution in [2.45, 2.75) is 13.8 Å². The minimum atomic E-state index is -0.269. The number of halogens is 1. The lowest BCUT2D eigenvalue weighted by Crippen LogP contribution is -2.12. The van der Waals surface area contributed by atoms with Crippen LogP contribution in [0.1, 0.15) is 22.8 Å². The second-order valence-corrected chi connectivity index (χ2v) is 6.67. The smallest absolute Gasteiger partial charge is 0.257 e. The number of anilines is 4. The molecule has 1 heterocycles. The number of pyridine rings is 1. The summed E-state index contributed by atoms with van der Waals surface area (Å²) in [5.74, 6) is 0.209. The first-order chi connectivity index (χ1) is 13.4. The third kappa shape index (κ3) is 5.08. The maximum Gasteiger partial charge on any atom is 0.257 e. The molecule has 0 bridgehead atoms. The first-order valence-electron chi connectivity index (χ1n) is 8.59. The van der Waals surface area contributed by atoms with Gasteiger partial charge in [-0.2, -0.15) is 0 Å². The molecular formula is C21H19ClN4O2. The van der Waals surface area contributed by atoms with Gasteiger partial charge in [-0.05, 0) is 67.1 Å². The van der Waals surface area contributed by atoms with Crippen LogP contribution >= 0.6 is 11.6 Å². The van der Waals surface area contributed by atoms with Crippen LogP contribution in [0.5, 0.6) is 0 Å². The van der Waals surface area contributed by atoms with E-state index in [-0.39, 0.29) is 11.8 Å². The van der Waals surface area contributed by atoms with Gasteiger partial charge in [0.05, 0.1) is 5.56 Å². The lowest BCUT2D eigenvalue weighted by molar-refractivity contribution is -0.114. The van der Waals surface area contributed by atoms with Crippen LogP contribution in [0.4, 0.5) is 22.9 Å². The minimum Gasteiger partial charge on any atom is -0.340 e. The Labute approximate surface area is 168 Å². The second kappa shape index (κ2) is 8.54. The number of aromatic nitrogens is 1. The molecule has 2 aromatic carbocycles. The normalized spacial score (nSPS) is 10.2. The van der Waals surface area contributed by atoms with Gasteiger partial charge >= 0.3 is 0 Å². The van der Waals surface area contributed by atoms with Gasteiger partial charge in [0, 0.05) is 35.2 Å². The van der Waals surface area contributed by atoms with E-state index in [1.165, 1.54) is 13.1 Å². The zero-order valence-electron chi connectivity index (χ0n) is 15.4. The van der Waals surface area contributed by atoms with Crippen molar-refractivity contribution in [2.75, 3.05) is 16.0 Å². The summed E-state index contributed by atoms with van der Waals surface area (Å²) in [4.78, 5) is 27.7. The van der Waals surface area contributed by atoms with Crippen molar-refractivity contribution in [1.82, 2.24) is 4.98 Å². The fraction of sp³-hybridized carbons (Fsp3) is 0.0952. The van der Waals surface area contributed by atoms with Gasteiger partial charge in [-0.3, -0.25) is 9.59 Å². The molecule has 6 nitrogen and oxygen atoms in total. The van der Waals surface area contributed by atoms with Crippen LogP contribution in [0.25, 0.3) is 0 Å². The van der Waals surface area contributed by atoms with Gasteiger partial charge in [-0.1, -0.05) is 11.6 Å². The Kier molecular flexibility index (Phi) is 5.91. The molecule has 0 atom stereocenters. The van der Waals surface area contributed by atoms with Gasteiger partial charge in [0.1, 0.15) is 5.82 Å². The zero-order chi connectivity index (χ0) is 20.1. The molecule has 28 heavy (non-hydrogen) atoms. The highest BCUT2D eigenvalue weighted by molar-refractivity contribution is 6.30. The van der Waals surface area contributed by atoms with Gasteiger partial charge in [0.25, 0.3) is 5.91 Å². The molecule has 3 rings (SSSR count). The number of amides is 2. The summed E-state index contributed by atoms with van der Waals surface area (Å²) in [5, 5.41) is 9.35. The summed E-state index contributed by atoms with van der Waals surface area (Å²) in [6.07, 6.45) is 1.51. The number of carbonyl (C=O) groups excluding carboxylic acids is 2. The highest BCUT2D eigenvalue weighted by atomic mass is 35.5. The van der Waals surface area contributed by atoms with E-state index in [4.69, 9.17) is 11.6 Å². The van der Waals surface area contributed by atoms with Crippen LogP contribution in [0.3, 0.4) is 0 Å². The van der Waals surface area contributed by atoms with Gasteiger partial charge < -0.3 is 16.0 Å². The fourth-order valence-electron chi connectivity index (χ4n) is 2.55. The highest BCUT2D eigenvalue weighted by Crippen LogP contribution is 2.23. The molecule has 3 N–H and O–H groups in total. The molecule has 1 aromatic heterocycles. The first kappa shape index (κ1) is 19.4. The molecule has 0 aliphatic heterocycles. The van der Waals surface area contributed by atoms with Crippen LogP contribution in [-0.4, -0.2) is 16.8 Å². The summed E-state index contributed by atoms with van der Waals surface area (Å²) < 4.78 is 0. The number of hydrogen-bond donors (Lipinski definition) is 3. The Bertz CT molecular complexity index is 1000. The SMILES string of the molecule is CC(=O)Nc1ccc(NC(=O)c2ccc(Nc3ccc(Cl)cc3C)nc2)cc1. The average molecular weight is 395 g/mol. The molecule has 3 aromatic rings. The number of carbonyl (C=O) groups is 2. The summed E-state index contributed by atoms with van der Waals surface area (Å²) in [5.41, 5.74) is 3.62. The lowest BCUT2D eigenvalue weighted by Gasteiger charge is -2.10. The molecule has 0 aliphatic rings. The van der Waals surface area contributed by atoms with Crippen LogP contribution in [0.15, 0.2) is 60.8 Å². The zero-order valence-corrected chi connectivity index (χ0v) is 16.2. The second-order valence-electron chi connectivity index (χ2n) is 6.23. The molecule has 0 aliphatic carbocycles. The topological polar surface area (TPSA) is 83.1 Å². The Morgan fingerprint density at radius 2 is 1.61 bits per heavy atom. The van der Waals surface area contributed by atoms with Crippen molar-refractivity contribution >= 4 is 46.3 Å². The number of hydrogen-bond acceptors (Lipinski definition) is 4. The van der Waals surface area contributed by atoms with E-state index in [2.05, 4.69) is 20.9 Å². The van der Waals surface area contributed by atoms with Crippen LogP contribution < -0.4 is 16.0 Å². The van der Waals surface area contributed by atoms with Crippen LogP contribution in [0.2, 0.25) is 5.02 Å². The van der Waals surface area contributed by atoms with Crippen molar-refractivity contribution in [3.63, 3.8) is 0 Å². The van der Waals surface area contributed by atoms with Crippen molar-refractivity contribution in [3.05, 3.63) is 76.9 Å². The fourth-order valence-corrected chi connectivity index (χ4v) is 2.78. The Hall–Kier alpha value is -3.38. The van der Waals surface area contributed by atoms with E-state index in [9.17, 15) is 9.59 Å². The van der Waals surface area contributed by atoms with Crippen molar-refractivity contribution < 1.29 is 9.59 Å². The van der Waals surface area contributed by atoms with Crippen molar-refractivity contribution in [2.24, 2.45) is 0 Å². The third-order valence-electron chi connectivity index (χ3n) is 3.94. The minimum absolute atomic E-state index is 0.148. The van der Waals surface area contributed by atoms with E-state index in [0.717, 1.165) is 11.3 Å². The quantitative estimate of drug-likeness (QED) is 0.568. The molecule has 7 heteroatoms. The standard InChI is InChI=1S/C21H19ClN4O2/c1-13-11-16(22)4-9-19(13)26-20-10-3-15(12-23-20)21(28)25-18-7-5-17(6-8-18)24-14(2)27/h3-12H,1-2H3,(H,23,26)(H,24,27)(H,25,28). The average Bonchev–Trinajstić information content (AvgIpc) is 2.66. The molecule has 0 fully saturated rings. The summed E-state index contributed by atoms with van der Waals surface area (Å²) in [7, 11) is 0. The molecule has 0 unspecified atom stereocenters. The number of nitrogens with one attached hydrogen (secondary N) is 3. The van der Waals surface area contributed by atoms with Crippen LogP contribution in [-0.2, 0) is 4.79 Å². The van der Waals surface area contributed by atoms with Crippen LogP contribution in [0, 0.1) is 6.92 Å². The molecule has 0 saturated carbocycles. The number of aryl methyl sites for hydroxylation is 1. The summed E-state index contributed by atoms with van der Waals surface area (Å²) >= 11 is 5.97. The lowest BCUT2D eigenvalue weighted by atomic mass is 10.2. The van der Waals surface area contributed by atoms with Gasteiger partial charge in [-0.15, -0.1) is 0 Å². The molecule has 0 radical (unpaired) electrons. The largest absolute Gasteiger partial charge is 0.340 e. The molecule has 142 valence electrons. The van der Waals surface area contributed by atoms with Gasteiger partial charge in [-0.25, -0.2) is 4.98 Å². The van der Waals surface area contributed by atoms with Crippen molar-refractivity contribution in [1.29, 1.82) is 0 Å². The van der Waals surface area contributed by atoms with Crippen molar-refractivity contribution in [3.8, 4) is 0 Å². The predicted octanol–water partition coefficient (Wildman–Crippen LogP) is 5.00. The predicted molar refractivity (Wildman–Crippen MR) is 112 cm³/mol. The monoisotopic (exact) mass is 394 g/mol. The highest BCUT2D eigenvalue weighted by Gasteiger charge is 2.08. The Morgan fingerprint density at radius 1 is 0.929 bits per heavy atom. The van der Waals surface area contributed by atoms with E-state index in [0.29, 0.717) is 27.8 Å². The molecule has 2 amide bonds. The first-order valence-corrected chi connectivity index (χ1v) is 8.97. The molecule has 0 saturated heterocycles. The molecule has 0 spiro atoms. The third-order valence-corrected chi connectivity index (χ3v) is 4.18. The number of nitrogens with zero attached hydrogens (tertiary/aromatic N) is 1. The maximum atomic E-state index is 12.4. The van der Waals surface area contributed by atoms with Gasteiger partial charge in [0.15, 0.2) is 0 Å². The maximum absolute atomic E-state index is 12.4. The van der Waals surface area contributed by atoms with Gasteiger partial charge in [0.2, 0.25) is 5.91 Å². The summed E-state index contributed by atoms with van der Waals surface area (Å²) in [6, 6.07) is 15.9. The number of rotatable bonds is 5. The number of benzene rings is 2. The van der Waals surface area contributed by atoms with E-state index in [1.54, 1.807) is 42.5 Å². The summed E-state index contributed by atoms with van der Waals surface area (Å²) in [6.45, 7) is 3.39. The Balaban J connectivity index is 1.64.